The number of nitrogens with one attached hydrogen (secondary N) is 2. The second kappa shape index (κ2) is 8.78. The van der Waals surface area contributed by atoms with Crippen molar-refractivity contribution in [2.45, 2.75) is 24.0 Å². The molecule has 2 amide bonds. The van der Waals surface area contributed by atoms with Crippen LogP contribution in [0.4, 0.5) is 11.4 Å². The summed E-state index contributed by atoms with van der Waals surface area (Å²) in [6.45, 7) is 3.28. The van der Waals surface area contributed by atoms with Crippen LogP contribution in [0, 0.1) is 0 Å². The Morgan fingerprint density at radius 1 is 1.12 bits per heavy atom. The first-order chi connectivity index (χ1) is 11.9. The van der Waals surface area contributed by atoms with E-state index in [1.165, 1.54) is 25.8 Å². The van der Waals surface area contributed by atoms with E-state index < -0.39 is 0 Å². The van der Waals surface area contributed by atoms with E-state index in [1.807, 2.05) is 19.1 Å². The Labute approximate surface area is 156 Å². The molecule has 7 heteroatoms. The standard InChI is InChI=1S/C18H19ClN2O3S/c1-11(25-15-7-5-14(6-8-15)20-12(2)22)18(23)21-16-10-13(19)4-9-17(16)24-3/h4-11H,1-3H3,(H,20,22)(H,21,23)/t11-/m1/s1. The Hall–Kier alpha value is -2.18. The number of carbonyl (C=O) groups is 2. The molecule has 0 aliphatic rings. The minimum Gasteiger partial charge on any atom is -0.495 e. The highest BCUT2D eigenvalue weighted by Crippen LogP contribution is 2.30. The minimum absolute atomic E-state index is 0.122. The van der Waals surface area contributed by atoms with Crippen molar-refractivity contribution < 1.29 is 14.3 Å². The summed E-state index contributed by atoms with van der Waals surface area (Å²) in [6.07, 6.45) is 0. The van der Waals surface area contributed by atoms with Crippen LogP contribution in [0.5, 0.6) is 5.75 Å². The largest absolute Gasteiger partial charge is 0.495 e. The second-order valence-corrected chi connectivity index (χ2v) is 7.15. The number of amides is 2. The van der Waals surface area contributed by atoms with Gasteiger partial charge in [0.2, 0.25) is 11.8 Å². The maximum Gasteiger partial charge on any atom is 0.237 e. The zero-order valence-corrected chi connectivity index (χ0v) is 15.7. The van der Waals surface area contributed by atoms with E-state index in [0.29, 0.717) is 16.5 Å². The molecule has 132 valence electrons. The smallest absolute Gasteiger partial charge is 0.237 e. The zero-order chi connectivity index (χ0) is 18.4. The average molecular weight is 379 g/mol. The first-order valence-electron chi connectivity index (χ1n) is 7.57. The van der Waals surface area contributed by atoms with Crippen LogP contribution in [-0.4, -0.2) is 24.2 Å². The Morgan fingerprint density at radius 2 is 1.80 bits per heavy atom. The van der Waals surface area contributed by atoms with Gasteiger partial charge in [-0.2, -0.15) is 0 Å². The van der Waals surface area contributed by atoms with Crippen molar-refractivity contribution in [1.82, 2.24) is 0 Å². The van der Waals surface area contributed by atoms with Gasteiger partial charge in [-0.05, 0) is 49.4 Å². The fourth-order valence-electron chi connectivity index (χ4n) is 2.09. The Bertz CT molecular complexity index is 765. The van der Waals surface area contributed by atoms with Crippen LogP contribution in [0.15, 0.2) is 47.4 Å². The molecule has 0 aromatic heterocycles. The van der Waals surface area contributed by atoms with Gasteiger partial charge in [0.1, 0.15) is 5.75 Å². The molecule has 0 aliphatic carbocycles. The van der Waals surface area contributed by atoms with Crippen molar-refractivity contribution in [2.24, 2.45) is 0 Å². The molecule has 0 aliphatic heterocycles. The lowest BCUT2D eigenvalue weighted by molar-refractivity contribution is -0.115. The van der Waals surface area contributed by atoms with Crippen molar-refractivity contribution in [3.8, 4) is 5.75 Å². The topological polar surface area (TPSA) is 67.4 Å². The number of methoxy groups -OCH3 is 1. The summed E-state index contributed by atoms with van der Waals surface area (Å²) >= 11 is 7.39. The Balaban J connectivity index is 2.00. The minimum atomic E-state index is -0.324. The molecule has 2 rings (SSSR count). The number of rotatable bonds is 6. The van der Waals surface area contributed by atoms with Crippen molar-refractivity contribution in [1.29, 1.82) is 0 Å². The molecule has 0 radical (unpaired) electrons. The lowest BCUT2D eigenvalue weighted by atomic mass is 10.3. The molecule has 0 unspecified atom stereocenters. The molecule has 5 nitrogen and oxygen atoms in total. The molecular weight excluding hydrogens is 360 g/mol. The monoisotopic (exact) mass is 378 g/mol. The molecule has 2 aromatic carbocycles. The summed E-state index contributed by atoms with van der Waals surface area (Å²) in [5.74, 6) is 0.273. The van der Waals surface area contributed by atoms with Gasteiger partial charge in [0.25, 0.3) is 0 Å². The number of ether oxygens (including phenoxy) is 1. The molecule has 25 heavy (non-hydrogen) atoms. The number of benzene rings is 2. The highest BCUT2D eigenvalue weighted by atomic mass is 35.5. The third-order valence-electron chi connectivity index (χ3n) is 3.28. The first kappa shape index (κ1) is 19.1. The summed E-state index contributed by atoms with van der Waals surface area (Å²) in [6, 6.07) is 12.4. The van der Waals surface area contributed by atoms with Crippen LogP contribution in [0.25, 0.3) is 0 Å². The maximum absolute atomic E-state index is 12.4. The quantitative estimate of drug-likeness (QED) is 0.730. The lowest BCUT2D eigenvalue weighted by Crippen LogP contribution is -2.22. The summed E-state index contributed by atoms with van der Waals surface area (Å²) in [7, 11) is 1.54. The van der Waals surface area contributed by atoms with E-state index in [-0.39, 0.29) is 17.1 Å². The predicted molar refractivity (Wildman–Crippen MR) is 103 cm³/mol. The van der Waals surface area contributed by atoms with Gasteiger partial charge in [-0.15, -0.1) is 11.8 Å². The molecule has 0 fully saturated rings. The number of carbonyl (C=O) groups excluding carboxylic acids is 2. The Morgan fingerprint density at radius 3 is 2.40 bits per heavy atom. The summed E-state index contributed by atoms with van der Waals surface area (Å²) < 4.78 is 5.23. The average Bonchev–Trinajstić information content (AvgIpc) is 2.56. The van der Waals surface area contributed by atoms with E-state index in [1.54, 1.807) is 30.3 Å². The number of hydrogen-bond acceptors (Lipinski definition) is 4. The number of hydrogen-bond donors (Lipinski definition) is 2. The van der Waals surface area contributed by atoms with Crippen LogP contribution in [0.3, 0.4) is 0 Å². The normalized spacial score (nSPS) is 11.5. The lowest BCUT2D eigenvalue weighted by Gasteiger charge is -2.14. The molecule has 0 saturated carbocycles. The van der Waals surface area contributed by atoms with Gasteiger partial charge < -0.3 is 15.4 Å². The summed E-state index contributed by atoms with van der Waals surface area (Å²) in [4.78, 5) is 24.4. The Kier molecular flexibility index (Phi) is 6.73. The third-order valence-corrected chi connectivity index (χ3v) is 4.62. The van der Waals surface area contributed by atoms with Crippen molar-refractivity contribution in [3.63, 3.8) is 0 Å². The first-order valence-corrected chi connectivity index (χ1v) is 8.83. The van der Waals surface area contributed by atoms with E-state index in [9.17, 15) is 9.59 Å². The molecule has 0 spiro atoms. The van der Waals surface area contributed by atoms with Crippen LogP contribution in [-0.2, 0) is 9.59 Å². The molecule has 0 bridgehead atoms. The van der Waals surface area contributed by atoms with Gasteiger partial charge in [0.15, 0.2) is 0 Å². The molecule has 0 heterocycles. The fourth-order valence-corrected chi connectivity index (χ4v) is 3.13. The van der Waals surface area contributed by atoms with Crippen molar-refractivity contribution in [2.75, 3.05) is 17.7 Å². The van der Waals surface area contributed by atoms with E-state index in [4.69, 9.17) is 16.3 Å². The fraction of sp³-hybridized carbons (Fsp3) is 0.222. The number of thioether (sulfide) groups is 1. The number of anilines is 2. The summed E-state index contributed by atoms with van der Waals surface area (Å²) in [5, 5.41) is 5.73. The highest BCUT2D eigenvalue weighted by Gasteiger charge is 2.16. The van der Waals surface area contributed by atoms with E-state index in [2.05, 4.69) is 10.6 Å². The molecule has 0 saturated heterocycles. The van der Waals surface area contributed by atoms with Crippen LogP contribution < -0.4 is 15.4 Å². The molecule has 2 N–H and O–H groups in total. The zero-order valence-electron chi connectivity index (χ0n) is 14.1. The van der Waals surface area contributed by atoms with Crippen LogP contribution >= 0.6 is 23.4 Å². The predicted octanol–water partition coefficient (Wildman–Crippen LogP) is 4.43. The van der Waals surface area contributed by atoms with Crippen molar-refractivity contribution >= 4 is 46.6 Å². The van der Waals surface area contributed by atoms with Gasteiger partial charge in [-0.25, -0.2) is 0 Å². The second-order valence-electron chi connectivity index (χ2n) is 5.30. The van der Waals surface area contributed by atoms with Gasteiger partial charge in [-0.3, -0.25) is 9.59 Å². The van der Waals surface area contributed by atoms with Gasteiger partial charge >= 0.3 is 0 Å². The SMILES string of the molecule is COc1ccc(Cl)cc1NC(=O)[C@@H](C)Sc1ccc(NC(C)=O)cc1. The molecular formula is C18H19ClN2O3S. The van der Waals surface area contributed by atoms with Crippen molar-refractivity contribution in [3.05, 3.63) is 47.5 Å². The maximum atomic E-state index is 12.4. The van der Waals surface area contributed by atoms with Gasteiger partial charge in [0, 0.05) is 22.5 Å². The molecule has 2 aromatic rings. The highest BCUT2D eigenvalue weighted by molar-refractivity contribution is 8.00. The summed E-state index contributed by atoms with van der Waals surface area (Å²) in [5.41, 5.74) is 1.26. The van der Waals surface area contributed by atoms with E-state index in [0.717, 1.165) is 10.6 Å². The molecule has 1 atom stereocenters. The van der Waals surface area contributed by atoms with Gasteiger partial charge in [0.05, 0.1) is 18.0 Å². The van der Waals surface area contributed by atoms with Crippen LogP contribution in [0.1, 0.15) is 13.8 Å². The number of halogens is 1. The third kappa shape index (κ3) is 5.69. The van der Waals surface area contributed by atoms with Gasteiger partial charge in [-0.1, -0.05) is 11.6 Å². The van der Waals surface area contributed by atoms with Crippen LogP contribution in [0.2, 0.25) is 5.02 Å². The van der Waals surface area contributed by atoms with E-state index >= 15 is 0 Å².